The van der Waals surface area contributed by atoms with Gasteiger partial charge in [-0.15, -0.1) is 0 Å². The van der Waals surface area contributed by atoms with Crippen LogP contribution in [0.15, 0.2) is 33.5 Å². The highest BCUT2D eigenvalue weighted by Crippen LogP contribution is 2.34. The molecule has 1 heterocycles. The molecular formula is C15H16BrClFNO. The highest BCUT2D eigenvalue weighted by Gasteiger charge is 2.21. The second kappa shape index (κ2) is 6.74. The van der Waals surface area contributed by atoms with Crippen molar-refractivity contribution in [3.05, 3.63) is 56.7 Å². The monoisotopic (exact) mass is 359 g/mol. The minimum Gasteiger partial charge on any atom is -0.457 e. The van der Waals surface area contributed by atoms with Gasteiger partial charge < -0.3 is 9.73 Å². The third-order valence-electron chi connectivity index (χ3n) is 3.14. The lowest BCUT2D eigenvalue weighted by atomic mass is 9.99. The second-order valence-electron chi connectivity index (χ2n) is 4.66. The molecule has 1 aromatic carbocycles. The topological polar surface area (TPSA) is 25.2 Å². The Morgan fingerprint density at radius 2 is 2.15 bits per heavy atom. The van der Waals surface area contributed by atoms with Crippen molar-refractivity contribution in [1.29, 1.82) is 0 Å². The Balaban J connectivity index is 2.46. The van der Waals surface area contributed by atoms with Crippen LogP contribution in [-0.2, 0) is 0 Å². The van der Waals surface area contributed by atoms with Gasteiger partial charge in [-0.2, -0.15) is 0 Å². The smallest absolute Gasteiger partial charge is 0.174 e. The average molecular weight is 361 g/mol. The van der Waals surface area contributed by atoms with Gasteiger partial charge in [0, 0.05) is 10.6 Å². The standard InChI is InChI=1S/C15H16BrClFNO/c1-3-5-19-14(10-4-6-20-15(10)16)11-7-9(2)13(18)8-12(11)17/h4,6-8,14,19H,3,5H2,1-2H3. The van der Waals surface area contributed by atoms with E-state index in [1.54, 1.807) is 19.3 Å². The van der Waals surface area contributed by atoms with E-state index in [4.69, 9.17) is 16.0 Å². The summed E-state index contributed by atoms with van der Waals surface area (Å²) in [7, 11) is 0. The van der Waals surface area contributed by atoms with E-state index in [1.165, 1.54) is 6.07 Å². The first-order chi connectivity index (χ1) is 9.54. The SMILES string of the molecule is CCCNC(c1cc(C)c(F)cc1Cl)c1ccoc1Br. The first kappa shape index (κ1) is 15.5. The molecule has 0 aliphatic carbocycles. The Bertz CT molecular complexity index is 600. The number of furan rings is 1. The molecular weight excluding hydrogens is 345 g/mol. The fraction of sp³-hybridized carbons (Fsp3) is 0.333. The highest BCUT2D eigenvalue weighted by atomic mass is 79.9. The number of benzene rings is 1. The minimum absolute atomic E-state index is 0.130. The third kappa shape index (κ3) is 3.25. The Morgan fingerprint density at radius 1 is 1.40 bits per heavy atom. The summed E-state index contributed by atoms with van der Waals surface area (Å²) < 4.78 is 19.5. The van der Waals surface area contributed by atoms with Crippen LogP contribution in [0.2, 0.25) is 5.02 Å². The predicted octanol–water partition coefficient (Wildman–Crippen LogP) is 5.23. The zero-order chi connectivity index (χ0) is 14.7. The van der Waals surface area contributed by atoms with E-state index < -0.39 is 0 Å². The molecule has 20 heavy (non-hydrogen) atoms. The van der Waals surface area contributed by atoms with E-state index in [0.29, 0.717) is 15.3 Å². The van der Waals surface area contributed by atoms with Crippen LogP contribution in [0.25, 0.3) is 0 Å². The van der Waals surface area contributed by atoms with Crippen molar-refractivity contribution in [3.8, 4) is 0 Å². The maximum absolute atomic E-state index is 13.6. The first-order valence-electron chi connectivity index (χ1n) is 6.46. The molecule has 0 aliphatic heterocycles. The van der Waals surface area contributed by atoms with Gasteiger partial charge in [0.1, 0.15) is 5.82 Å². The molecule has 2 nitrogen and oxygen atoms in total. The lowest BCUT2D eigenvalue weighted by molar-refractivity contribution is 0.523. The quantitative estimate of drug-likeness (QED) is 0.789. The molecule has 2 aromatic rings. The summed E-state index contributed by atoms with van der Waals surface area (Å²) >= 11 is 9.61. The molecule has 0 bridgehead atoms. The Kier molecular flexibility index (Phi) is 5.24. The van der Waals surface area contributed by atoms with Gasteiger partial charge in [-0.25, -0.2) is 4.39 Å². The van der Waals surface area contributed by atoms with Gasteiger partial charge >= 0.3 is 0 Å². The van der Waals surface area contributed by atoms with Crippen LogP contribution < -0.4 is 5.32 Å². The van der Waals surface area contributed by atoms with Crippen LogP contribution in [0.3, 0.4) is 0 Å². The number of hydrogen-bond acceptors (Lipinski definition) is 2. The van der Waals surface area contributed by atoms with Crippen molar-refractivity contribution in [2.75, 3.05) is 6.54 Å². The molecule has 0 amide bonds. The molecule has 0 saturated heterocycles. The molecule has 0 aliphatic rings. The summed E-state index contributed by atoms with van der Waals surface area (Å²) in [6, 6.07) is 4.90. The second-order valence-corrected chi connectivity index (χ2v) is 5.79. The fourth-order valence-electron chi connectivity index (χ4n) is 2.09. The molecule has 0 fully saturated rings. The van der Waals surface area contributed by atoms with E-state index in [2.05, 4.69) is 28.2 Å². The van der Waals surface area contributed by atoms with Crippen molar-refractivity contribution >= 4 is 27.5 Å². The molecule has 1 unspecified atom stereocenters. The maximum Gasteiger partial charge on any atom is 0.174 e. The van der Waals surface area contributed by atoms with Crippen LogP contribution >= 0.6 is 27.5 Å². The molecule has 1 N–H and O–H groups in total. The fourth-order valence-corrected chi connectivity index (χ4v) is 2.82. The van der Waals surface area contributed by atoms with E-state index >= 15 is 0 Å². The molecule has 108 valence electrons. The van der Waals surface area contributed by atoms with Gasteiger partial charge in [-0.05, 0) is 65.1 Å². The lowest BCUT2D eigenvalue weighted by Crippen LogP contribution is -2.23. The number of halogens is 3. The average Bonchev–Trinajstić information content (AvgIpc) is 2.82. The van der Waals surface area contributed by atoms with Crippen LogP contribution in [0.5, 0.6) is 0 Å². The van der Waals surface area contributed by atoms with Crippen LogP contribution in [0.1, 0.15) is 36.1 Å². The van der Waals surface area contributed by atoms with Crippen molar-refractivity contribution < 1.29 is 8.81 Å². The van der Waals surface area contributed by atoms with E-state index in [1.807, 2.05) is 6.07 Å². The van der Waals surface area contributed by atoms with Crippen LogP contribution in [-0.4, -0.2) is 6.54 Å². The van der Waals surface area contributed by atoms with Crippen LogP contribution in [0, 0.1) is 12.7 Å². The van der Waals surface area contributed by atoms with E-state index in [0.717, 1.165) is 24.1 Å². The number of rotatable bonds is 5. The van der Waals surface area contributed by atoms with Gasteiger partial charge in [-0.1, -0.05) is 18.5 Å². The Labute approximate surface area is 131 Å². The molecule has 1 atom stereocenters. The summed E-state index contributed by atoms with van der Waals surface area (Å²) in [5, 5.41) is 3.83. The Hall–Kier alpha value is -0.840. The van der Waals surface area contributed by atoms with E-state index in [-0.39, 0.29) is 11.9 Å². The summed E-state index contributed by atoms with van der Waals surface area (Å²) in [4.78, 5) is 0. The van der Waals surface area contributed by atoms with Crippen molar-refractivity contribution in [1.82, 2.24) is 5.32 Å². The molecule has 5 heteroatoms. The minimum atomic E-state index is -0.292. The predicted molar refractivity (Wildman–Crippen MR) is 82.7 cm³/mol. The highest BCUT2D eigenvalue weighted by molar-refractivity contribution is 9.10. The largest absolute Gasteiger partial charge is 0.457 e. The normalized spacial score (nSPS) is 12.7. The Morgan fingerprint density at radius 3 is 2.75 bits per heavy atom. The molecule has 0 spiro atoms. The summed E-state index contributed by atoms with van der Waals surface area (Å²) in [5.74, 6) is -0.292. The molecule has 0 radical (unpaired) electrons. The number of hydrogen-bond donors (Lipinski definition) is 1. The van der Waals surface area contributed by atoms with Crippen molar-refractivity contribution in [3.63, 3.8) is 0 Å². The van der Waals surface area contributed by atoms with Gasteiger partial charge in [0.15, 0.2) is 4.67 Å². The van der Waals surface area contributed by atoms with Crippen LogP contribution in [0.4, 0.5) is 4.39 Å². The summed E-state index contributed by atoms with van der Waals surface area (Å²) in [6.07, 6.45) is 2.61. The first-order valence-corrected chi connectivity index (χ1v) is 7.63. The molecule has 1 aromatic heterocycles. The number of aryl methyl sites for hydroxylation is 1. The summed E-state index contributed by atoms with van der Waals surface area (Å²) in [5.41, 5.74) is 2.37. The van der Waals surface area contributed by atoms with Gasteiger partial charge in [0.05, 0.1) is 12.3 Å². The van der Waals surface area contributed by atoms with Gasteiger partial charge in [0.2, 0.25) is 0 Å². The lowest BCUT2D eigenvalue weighted by Gasteiger charge is -2.20. The zero-order valence-corrected chi connectivity index (χ0v) is 13.7. The van der Waals surface area contributed by atoms with Crippen molar-refractivity contribution in [2.24, 2.45) is 0 Å². The maximum atomic E-state index is 13.6. The third-order valence-corrected chi connectivity index (χ3v) is 4.12. The zero-order valence-electron chi connectivity index (χ0n) is 11.3. The summed E-state index contributed by atoms with van der Waals surface area (Å²) in [6.45, 7) is 4.65. The van der Waals surface area contributed by atoms with Gasteiger partial charge in [-0.3, -0.25) is 0 Å². The number of nitrogens with one attached hydrogen (secondary N) is 1. The molecule has 0 saturated carbocycles. The molecule has 2 rings (SSSR count). The van der Waals surface area contributed by atoms with Gasteiger partial charge in [0.25, 0.3) is 0 Å². The van der Waals surface area contributed by atoms with E-state index in [9.17, 15) is 4.39 Å². The van der Waals surface area contributed by atoms with Crippen molar-refractivity contribution in [2.45, 2.75) is 26.3 Å².